The van der Waals surface area contributed by atoms with E-state index in [0.29, 0.717) is 23.3 Å². The first-order chi connectivity index (χ1) is 14.6. The quantitative estimate of drug-likeness (QED) is 0.537. The number of ether oxygens (including phenoxy) is 1. The number of phenols is 1. The molecule has 2 aliphatic rings. The number of rotatable bonds is 5. The maximum Gasteiger partial charge on any atom is 0.534 e. The second kappa shape index (κ2) is 7.59. The van der Waals surface area contributed by atoms with Gasteiger partial charge in [-0.2, -0.15) is 21.6 Å². The molecule has 1 aliphatic carbocycles. The predicted molar refractivity (Wildman–Crippen MR) is 108 cm³/mol. The van der Waals surface area contributed by atoms with Crippen LogP contribution in [0, 0.1) is 0 Å². The zero-order valence-corrected chi connectivity index (χ0v) is 17.8. The minimum absolute atomic E-state index is 0.0576. The Morgan fingerprint density at radius 2 is 1.97 bits per heavy atom. The predicted octanol–water partition coefficient (Wildman–Crippen LogP) is 4.16. The van der Waals surface area contributed by atoms with Gasteiger partial charge in [0.25, 0.3) is 0 Å². The summed E-state index contributed by atoms with van der Waals surface area (Å²) in [7, 11) is -4.40. The number of benzene rings is 2. The van der Waals surface area contributed by atoms with Crippen molar-refractivity contribution < 1.29 is 35.6 Å². The molecule has 1 atom stereocenters. The summed E-state index contributed by atoms with van der Waals surface area (Å²) in [5, 5.41) is 10.8. The molecule has 1 unspecified atom stereocenters. The fraction of sp³-hybridized carbons (Fsp3) is 0.429. The summed E-state index contributed by atoms with van der Waals surface area (Å²) in [6.45, 7) is 3.85. The van der Waals surface area contributed by atoms with Gasteiger partial charge in [-0.3, -0.25) is 4.90 Å². The van der Waals surface area contributed by atoms with Crippen molar-refractivity contribution in [2.24, 2.45) is 0 Å². The topological polar surface area (TPSA) is 76.1 Å². The first-order valence-corrected chi connectivity index (χ1v) is 11.3. The SMILES string of the molecule is CCCN1CCc2cc(OC)cc3c2C1Cc1ccc(OS(=O)(=O)C(F)(F)F)c(O)c1-3. The smallest absolute Gasteiger partial charge is 0.504 e. The lowest BCUT2D eigenvalue weighted by Gasteiger charge is -2.42. The Bertz CT molecular complexity index is 1130. The van der Waals surface area contributed by atoms with Gasteiger partial charge in [-0.1, -0.05) is 13.0 Å². The zero-order chi connectivity index (χ0) is 22.6. The lowest BCUT2D eigenvalue weighted by Crippen LogP contribution is -2.38. The largest absolute Gasteiger partial charge is 0.534 e. The van der Waals surface area contributed by atoms with Crippen LogP contribution in [0.25, 0.3) is 11.1 Å². The van der Waals surface area contributed by atoms with E-state index in [1.807, 2.05) is 6.07 Å². The van der Waals surface area contributed by atoms with Crippen LogP contribution < -0.4 is 8.92 Å². The average Bonchev–Trinajstić information content (AvgIpc) is 2.70. The number of methoxy groups -OCH3 is 1. The van der Waals surface area contributed by atoms with E-state index in [2.05, 4.69) is 16.0 Å². The summed E-state index contributed by atoms with van der Waals surface area (Å²) in [5.74, 6) is -0.836. The van der Waals surface area contributed by atoms with E-state index in [1.54, 1.807) is 6.07 Å². The van der Waals surface area contributed by atoms with Crippen LogP contribution in [0.4, 0.5) is 13.2 Å². The highest BCUT2D eigenvalue weighted by Gasteiger charge is 2.49. The maximum atomic E-state index is 12.8. The molecule has 2 aromatic rings. The summed E-state index contributed by atoms with van der Waals surface area (Å²) in [4.78, 5) is 2.36. The molecule has 0 bridgehead atoms. The molecular weight excluding hydrogens is 435 g/mol. The summed E-state index contributed by atoms with van der Waals surface area (Å²) in [5.41, 5.74) is -1.97. The van der Waals surface area contributed by atoms with Crippen molar-refractivity contribution in [3.8, 4) is 28.4 Å². The van der Waals surface area contributed by atoms with Crippen LogP contribution >= 0.6 is 0 Å². The van der Waals surface area contributed by atoms with E-state index in [4.69, 9.17) is 4.74 Å². The van der Waals surface area contributed by atoms with Gasteiger partial charge in [-0.25, -0.2) is 0 Å². The normalized spacial score (nSPS) is 18.3. The highest BCUT2D eigenvalue weighted by atomic mass is 32.2. The van der Waals surface area contributed by atoms with E-state index >= 15 is 0 Å². The van der Waals surface area contributed by atoms with Gasteiger partial charge in [0.1, 0.15) is 5.75 Å². The number of alkyl halides is 3. The molecule has 1 aliphatic heterocycles. The monoisotopic (exact) mass is 457 g/mol. The summed E-state index contributed by atoms with van der Waals surface area (Å²) >= 11 is 0. The molecular formula is C21H22F3NO5S. The molecule has 1 N–H and O–H groups in total. The Labute approximate surface area is 178 Å². The molecule has 2 aromatic carbocycles. The molecule has 6 nitrogen and oxygen atoms in total. The molecule has 1 heterocycles. The maximum absolute atomic E-state index is 12.8. The molecule has 0 amide bonds. The second-order valence-electron chi connectivity index (χ2n) is 7.68. The van der Waals surface area contributed by atoms with Crippen molar-refractivity contribution >= 4 is 10.1 Å². The molecule has 31 heavy (non-hydrogen) atoms. The molecule has 10 heteroatoms. The van der Waals surface area contributed by atoms with Crippen LogP contribution in [0.5, 0.6) is 17.2 Å². The minimum Gasteiger partial charge on any atom is -0.504 e. The van der Waals surface area contributed by atoms with E-state index in [-0.39, 0.29) is 11.6 Å². The van der Waals surface area contributed by atoms with Crippen LogP contribution in [-0.4, -0.2) is 44.1 Å². The van der Waals surface area contributed by atoms with Gasteiger partial charge in [0.2, 0.25) is 0 Å². The van der Waals surface area contributed by atoms with Crippen molar-refractivity contribution in [2.45, 2.75) is 37.7 Å². The third kappa shape index (κ3) is 3.61. The molecule has 168 valence electrons. The molecule has 0 fully saturated rings. The van der Waals surface area contributed by atoms with Crippen molar-refractivity contribution in [3.63, 3.8) is 0 Å². The number of phenolic OH excluding ortho intramolecular Hbond substituents is 1. The Hall–Kier alpha value is -2.46. The van der Waals surface area contributed by atoms with Gasteiger partial charge < -0.3 is 14.0 Å². The van der Waals surface area contributed by atoms with Gasteiger partial charge in [-0.05, 0) is 66.3 Å². The van der Waals surface area contributed by atoms with Crippen LogP contribution in [0.15, 0.2) is 24.3 Å². The van der Waals surface area contributed by atoms with Gasteiger partial charge in [-0.15, -0.1) is 0 Å². The van der Waals surface area contributed by atoms with Gasteiger partial charge in [0.15, 0.2) is 11.5 Å². The molecule has 0 aromatic heterocycles. The van der Waals surface area contributed by atoms with Crippen molar-refractivity contribution in [3.05, 3.63) is 41.0 Å². The fourth-order valence-corrected chi connectivity index (χ4v) is 4.99. The van der Waals surface area contributed by atoms with Crippen LogP contribution in [0.1, 0.15) is 36.1 Å². The first kappa shape index (κ1) is 21.8. The lowest BCUT2D eigenvalue weighted by molar-refractivity contribution is -0.0500. The standard InChI is InChI=1S/C21H22F3NO5S/c1-3-7-25-8-6-13-9-14(29-2)11-15-18(13)16(25)10-12-4-5-17(20(26)19(12)15)30-31(27,28)21(22,23)24/h4-5,9,11,16,26H,3,6-8,10H2,1-2H3. The molecule has 4 rings (SSSR count). The highest BCUT2D eigenvalue weighted by Crippen LogP contribution is 2.52. The minimum atomic E-state index is -5.91. The van der Waals surface area contributed by atoms with Gasteiger partial charge in [0.05, 0.1) is 7.11 Å². The second-order valence-corrected chi connectivity index (χ2v) is 9.22. The highest BCUT2D eigenvalue weighted by molar-refractivity contribution is 7.88. The number of aromatic hydroxyl groups is 1. The average molecular weight is 457 g/mol. The fourth-order valence-electron chi connectivity index (χ4n) is 4.52. The number of fused-ring (bicyclic) bond motifs is 2. The van der Waals surface area contributed by atoms with Crippen LogP contribution in [0.3, 0.4) is 0 Å². The Kier molecular flexibility index (Phi) is 5.33. The number of hydrogen-bond donors (Lipinski definition) is 1. The van der Waals surface area contributed by atoms with Gasteiger partial charge in [0, 0.05) is 18.2 Å². The van der Waals surface area contributed by atoms with Crippen molar-refractivity contribution in [2.75, 3.05) is 20.2 Å². The van der Waals surface area contributed by atoms with E-state index in [9.17, 15) is 26.7 Å². The first-order valence-electron chi connectivity index (χ1n) is 9.88. The van der Waals surface area contributed by atoms with Crippen LogP contribution in [0.2, 0.25) is 0 Å². The Morgan fingerprint density at radius 3 is 2.61 bits per heavy atom. The molecule has 0 spiro atoms. The lowest BCUT2D eigenvalue weighted by atomic mass is 9.76. The Morgan fingerprint density at radius 1 is 1.23 bits per heavy atom. The van der Waals surface area contributed by atoms with E-state index in [1.165, 1.54) is 13.2 Å². The number of hydrogen-bond acceptors (Lipinski definition) is 6. The summed E-state index contributed by atoms with van der Waals surface area (Å²) in [6.07, 6.45) is 2.28. The molecule has 0 radical (unpaired) electrons. The van der Waals surface area contributed by atoms with Crippen molar-refractivity contribution in [1.29, 1.82) is 0 Å². The zero-order valence-electron chi connectivity index (χ0n) is 17.0. The molecule has 0 saturated heterocycles. The van der Waals surface area contributed by atoms with Gasteiger partial charge >= 0.3 is 15.6 Å². The molecule has 0 saturated carbocycles. The number of halogens is 3. The van der Waals surface area contributed by atoms with Crippen molar-refractivity contribution in [1.82, 2.24) is 4.90 Å². The summed E-state index contributed by atoms with van der Waals surface area (Å²) < 4.78 is 71.0. The van der Waals surface area contributed by atoms with Crippen LogP contribution in [-0.2, 0) is 23.0 Å². The third-order valence-electron chi connectivity index (χ3n) is 5.82. The van der Waals surface area contributed by atoms with E-state index in [0.717, 1.165) is 43.1 Å². The third-order valence-corrected chi connectivity index (χ3v) is 6.79. The summed E-state index contributed by atoms with van der Waals surface area (Å²) in [6, 6.07) is 6.29. The number of nitrogens with zero attached hydrogens (tertiary/aromatic N) is 1. The Balaban J connectivity index is 1.89. The van der Waals surface area contributed by atoms with E-state index < -0.39 is 27.1 Å².